The summed E-state index contributed by atoms with van der Waals surface area (Å²) in [5.74, 6) is 2.09. The first-order chi connectivity index (χ1) is 13.7. The third-order valence-corrected chi connectivity index (χ3v) is 4.63. The van der Waals surface area contributed by atoms with Crippen molar-refractivity contribution in [3.05, 3.63) is 83.2 Å². The van der Waals surface area contributed by atoms with Gasteiger partial charge in [-0.15, -0.1) is 0 Å². The Morgan fingerprint density at radius 1 is 0.857 bits per heavy atom. The highest BCUT2D eigenvalue weighted by Gasteiger charge is 2.09. The maximum absolute atomic E-state index is 6.18. The number of fused-ring (bicyclic) bond motifs is 1. The summed E-state index contributed by atoms with van der Waals surface area (Å²) in [5, 5.41) is 2.16. The minimum absolute atomic E-state index is 0.588. The highest BCUT2D eigenvalue weighted by atomic mass is 35.5. The van der Waals surface area contributed by atoms with Gasteiger partial charge in [-0.25, -0.2) is 4.99 Å². The smallest absolute Gasteiger partial charge is 0.144 e. The topological polar surface area (TPSA) is 44.0 Å². The third-order valence-electron chi connectivity index (χ3n) is 4.39. The van der Waals surface area contributed by atoms with Crippen LogP contribution in [0, 0.1) is 0 Å². The quantitative estimate of drug-likeness (QED) is 0.428. The van der Waals surface area contributed by atoms with Gasteiger partial charge in [0.25, 0.3) is 0 Å². The lowest BCUT2D eigenvalue weighted by atomic mass is 10.1. The number of rotatable bonds is 4. The molecule has 0 saturated heterocycles. The first kappa shape index (κ1) is 18.1. The largest absolute Gasteiger partial charge is 0.497 e. The van der Waals surface area contributed by atoms with Gasteiger partial charge < -0.3 is 13.9 Å². The third kappa shape index (κ3) is 3.59. The Morgan fingerprint density at radius 3 is 2.43 bits per heavy atom. The molecule has 4 nitrogen and oxygen atoms in total. The van der Waals surface area contributed by atoms with Crippen LogP contribution in [-0.2, 0) is 0 Å². The molecule has 0 saturated carbocycles. The monoisotopic (exact) mass is 391 g/mol. The zero-order valence-electron chi connectivity index (χ0n) is 15.5. The second kappa shape index (κ2) is 7.79. The molecule has 0 bridgehead atoms. The number of hydrogen-bond donors (Lipinski definition) is 0. The molecule has 0 spiro atoms. The van der Waals surface area contributed by atoms with Crippen molar-refractivity contribution in [1.82, 2.24) is 0 Å². The van der Waals surface area contributed by atoms with E-state index in [2.05, 4.69) is 0 Å². The van der Waals surface area contributed by atoms with Crippen molar-refractivity contribution >= 4 is 28.3 Å². The van der Waals surface area contributed by atoms with Gasteiger partial charge in [-0.1, -0.05) is 41.9 Å². The fourth-order valence-electron chi connectivity index (χ4n) is 2.99. The Kier molecular flexibility index (Phi) is 5.04. The van der Waals surface area contributed by atoms with E-state index in [0.29, 0.717) is 22.0 Å². The molecule has 0 unspecified atom stereocenters. The molecule has 0 aliphatic rings. The van der Waals surface area contributed by atoms with E-state index < -0.39 is 0 Å². The summed E-state index contributed by atoms with van der Waals surface area (Å²) >= 11 is 6.18. The molecule has 140 valence electrons. The number of halogens is 1. The van der Waals surface area contributed by atoms with E-state index in [-0.39, 0.29) is 0 Å². The van der Waals surface area contributed by atoms with Crippen LogP contribution in [0.1, 0.15) is 0 Å². The van der Waals surface area contributed by atoms with E-state index in [1.807, 2.05) is 54.6 Å². The van der Waals surface area contributed by atoms with Gasteiger partial charge in [0.1, 0.15) is 28.5 Å². The summed E-state index contributed by atoms with van der Waals surface area (Å²) in [4.78, 5) is 4.84. The van der Waals surface area contributed by atoms with Gasteiger partial charge in [-0.2, -0.15) is 0 Å². The minimum atomic E-state index is 0.588. The minimum Gasteiger partial charge on any atom is -0.497 e. The zero-order chi connectivity index (χ0) is 19.5. The summed E-state index contributed by atoms with van der Waals surface area (Å²) in [6.45, 7) is 0. The Hall–Kier alpha value is -3.24. The summed E-state index contributed by atoms with van der Waals surface area (Å²) < 4.78 is 17.0. The first-order valence-corrected chi connectivity index (χ1v) is 9.11. The van der Waals surface area contributed by atoms with Crippen LogP contribution in [0.2, 0.25) is 5.02 Å². The molecule has 0 atom stereocenters. The van der Waals surface area contributed by atoms with Gasteiger partial charge in [0.05, 0.1) is 19.6 Å². The molecule has 3 aromatic carbocycles. The molecule has 1 heterocycles. The lowest BCUT2D eigenvalue weighted by molar-refractivity contribution is 0.415. The number of ether oxygens (including phenoxy) is 2. The van der Waals surface area contributed by atoms with Crippen LogP contribution < -0.4 is 14.8 Å². The molecule has 4 aromatic rings. The Balaban J connectivity index is 2.03. The molecule has 0 radical (unpaired) electrons. The van der Waals surface area contributed by atoms with Crippen molar-refractivity contribution in [2.75, 3.05) is 14.2 Å². The van der Waals surface area contributed by atoms with Crippen LogP contribution in [-0.4, -0.2) is 14.2 Å². The van der Waals surface area contributed by atoms with E-state index in [4.69, 9.17) is 30.5 Å². The second-order valence-electron chi connectivity index (χ2n) is 6.15. The lowest BCUT2D eigenvalue weighted by Crippen LogP contribution is -2.04. The molecular weight excluding hydrogens is 374 g/mol. The Bertz CT molecular complexity index is 1200. The predicted octanol–water partition coefficient (Wildman–Crippen LogP) is 6.00. The van der Waals surface area contributed by atoms with E-state index in [1.54, 1.807) is 32.4 Å². The second-order valence-corrected chi connectivity index (χ2v) is 6.59. The van der Waals surface area contributed by atoms with Crippen molar-refractivity contribution in [1.29, 1.82) is 0 Å². The normalized spacial score (nSPS) is 11.6. The Labute approximate surface area is 167 Å². The molecule has 1 aromatic heterocycles. The summed E-state index contributed by atoms with van der Waals surface area (Å²) in [6, 6.07) is 22.8. The summed E-state index contributed by atoms with van der Waals surface area (Å²) in [7, 11) is 3.24. The molecule has 0 aliphatic carbocycles. The average molecular weight is 392 g/mol. The van der Waals surface area contributed by atoms with Gasteiger partial charge in [0.2, 0.25) is 0 Å². The molecule has 0 aliphatic heterocycles. The predicted molar refractivity (Wildman–Crippen MR) is 111 cm³/mol. The van der Waals surface area contributed by atoms with Crippen molar-refractivity contribution in [3.63, 3.8) is 0 Å². The number of hydrogen-bond acceptors (Lipinski definition) is 4. The SMILES string of the molecule is COc1ccc2oc(-c3ccccc3)cc(=Nc3cc(Cl)ccc3OC)c2c1. The van der Waals surface area contributed by atoms with Crippen LogP contribution in [0.4, 0.5) is 5.69 Å². The standard InChI is InChI=1S/C23H18ClNO3/c1-26-17-9-11-21-18(13-17)19(14-23(28-21)15-6-4-3-5-7-15)25-20-12-16(24)8-10-22(20)27-2/h3-14H,1-2H3. The maximum Gasteiger partial charge on any atom is 0.144 e. The molecule has 0 N–H and O–H groups in total. The van der Waals surface area contributed by atoms with Crippen molar-refractivity contribution in [2.45, 2.75) is 0 Å². The van der Waals surface area contributed by atoms with Crippen LogP contribution in [0.15, 0.2) is 82.2 Å². The van der Waals surface area contributed by atoms with Crippen molar-refractivity contribution in [2.24, 2.45) is 4.99 Å². The lowest BCUT2D eigenvalue weighted by Gasteiger charge is -2.08. The highest BCUT2D eigenvalue weighted by molar-refractivity contribution is 6.30. The molecule has 28 heavy (non-hydrogen) atoms. The molecule has 4 rings (SSSR count). The van der Waals surface area contributed by atoms with Crippen LogP contribution in [0.5, 0.6) is 11.5 Å². The fraction of sp³-hybridized carbons (Fsp3) is 0.0870. The van der Waals surface area contributed by atoms with E-state index in [1.165, 1.54) is 0 Å². The molecular formula is C23H18ClNO3. The van der Waals surface area contributed by atoms with Gasteiger partial charge in [0.15, 0.2) is 0 Å². The molecule has 0 amide bonds. The van der Waals surface area contributed by atoms with Crippen molar-refractivity contribution in [3.8, 4) is 22.8 Å². The van der Waals surface area contributed by atoms with E-state index in [0.717, 1.165) is 27.8 Å². The highest BCUT2D eigenvalue weighted by Crippen LogP contribution is 2.31. The summed E-state index contributed by atoms with van der Waals surface area (Å²) in [6.07, 6.45) is 0. The maximum atomic E-state index is 6.18. The van der Waals surface area contributed by atoms with Crippen molar-refractivity contribution < 1.29 is 13.9 Å². The molecule has 0 fully saturated rings. The van der Waals surface area contributed by atoms with Gasteiger partial charge >= 0.3 is 0 Å². The van der Waals surface area contributed by atoms with E-state index in [9.17, 15) is 0 Å². The van der Waals surface area contributed by atoms with Crippen LogP contribution >= 0.6 is 11.6 Å². The van der Waals surface area contributed by atoms with Crippen LogP contribution in [0.25, 0.3) is 22.3 Å². The fourth-order valence-corrected chi connectivity index (χ4v) is 3.16. The number of methoxy groups -OCH3 is 2. The van der Waals surface area contributed by atoms with Gasteiger partial charge in [-0.05, 0) is 36.4 Å². The van der Waals surface area contributed by atoms with Gasteiger partial charge in [-0.3, -0.25) is 0 Å². The van der Waals surface area contributed by atoms with Crippen LogP contribution in [0.3, 0.4) is 0 Å². The summed E-state index contributed by atoms with van der Waals surface area (Å²) in [5.41, 5.74) is 2.32. The average Bonchev–Trinajstić information content (AvgIpc) is 2.74. The Morgan fingerprint density at radius 2 is 1.68 bits per heavy atom. The number of benzene rings is 3. The molecule has 5 heteroatoms. The van der Waals surface area contributed by atoms with E-state index >= 15 is 0 Å². The number of nitrogens with zero attached hydrogens (tertiary/aromatic N) is 1. The van der Waals surface area contributed by atoms with Gasteiger partial charge in [0, 0.05) is 22.0 Å². The zero-order valence-corrected chi connectivity index (χ0v) is 16.2. The first-order valence-electron chi connectivity index (χ1n) is 8.73.